The van der Waals surface area contributed by atoms with Crippen LogP contribution in [0.25, 0.3) is 0 Å². The van der Waals surface area contributed by atoms with Crippen LogP contribution in [-0.2, 0) is 4.79 Å². The first-order valence-corrected chi connectivity index (χ1v) is 5.65. The van der Waals surface area contributed by atoms with Crippen LogP contribution in [0.4, 0.5) is 0 Å². The van der Waals surface area contributed by atoms with Gasteiger partial charge in [0.1, 0.15) is 5.75 Å². The molecule has 1 amide bonds. The first kappa shape index (κ1) is 11.0. The maximum atomic E-state index is 11.6. The molecule has 2 rings (SSSR count). The molecule has 0 spiro atoms. The predicted molar refractivity (Wildman–Crippen MR) is 62.3 cm³/mol. The molecule has 0 saturated heterocycles. The molecule has 1 saturated carbocycles. The molecule has 86 valence electrons. The summed E-state index contributed by atoms with van der Waals surface area (Å²) in [5.74, 6) is 1.26. The molecule has 0 aliphatic heterocycles. The van der Waals surface area contributed by atoms with Crippen LogP contribution in [-0.4, -0.2) is 13.0 Å². The number of carbonyl (C=O) groups excluding carboxylic acids is 1. The van der Waals surface area contributed by atoms with Crippen molar-refractivity contribution >= 4 is 5.91 Å². The van der Waals surface area contributed by atoms with Crippen LogP contribution in [0, 0.1) is 5.92 Å². The van der Waals surface area contributed by atoms with Crippen LogP contribution in [0.5, 0.6) is 5.75 Å². The van der Waals surface area contributed by atoms with Crippen LogP contribution in [0.2, 0.25) is 0 Å². The smallest absolute Gasteiger partial charge is 0.223 e. The summed E-state index contributed by atoms with van der Waals surface area (Å²) in [4.78, 5) is 11.6. The van der Waals surface area contributed by atoms with Crippen molar-refractivity contribution in [1.29, 1.82) is 0 Å². The highest BCUT2D eigenvalue weighted by atomic mass is 16.5. The lowest BCUT2D eigenvalue weighted by atomic mass is 10.1. The van der Waals surface area contributed by atoms with E-state index in [1.807, 2.05) is 31.2 Å². The molecule has 0 radical (unpaired) electrons. The van der Waals surface area contributed by atoms with E-state index in [-0.39, 0.29) is 17.9 Å². The molecule has 1 aromatic rings. The van der Waals surface area contributed by atoms with Crippen LogP contribution >= 0.6 is 0 Å². The number of ether oxygens (including phenoxy) is 1. The van der Waals surface area contributed by atoms with E-state index in [1.165, 1.54) is 0 Å². The van der Waals surface area contributed by atoms with E-state index >= 15 is 0 Å². The zero-order valence-electron chi connectivity index (χ0n) is 9.69. The van der Waals surface area contributed by atoms with Crippen molar-refractivity contribution in [2.75, 3.05) is 7.11 Å². The zero-order valence-corrected chi connectivity index (χ0v) is 9.69. The van der Waals surface area contributed by atoms with Crippen molar-refractivity contribution < 1.29 is 9.53 Å². The van der Waals surface area contributed by atoms with Gasteiger partial charge in [0.25, 0.3) is 0 Å². The van der Waals surface area contributed by atoms with E-state index in [1.54, 1.807) is 7.11 Å². The minimum Gasteiger partial charge on any atom is -0.497 e. The monoisotopic (exact) mass is 219 g/mol. The SMILES string of the molecule is COc1cccc([C@@H](C)NC(=O)C2CC2)c1. The standard InChI is InChI=1S/C13H17NO2/c1-9(14-13(15)10-6-7-10)11-4-3-5-12(8-11)16-2/h3-5,8-10H,6-7H2,1-2H3,(H,14,15)/t9-/m1/s1. The maximum Gasteiger partial charge on any atom is 0.223 e. The zero-order chi connectivity index (χ0) is 11.5. The van der Waals surface area contributed by atoms with E-state index in [9.17, 15) is 4.79 Å². The number of benzene rings is 1. The second-order valence-electron chi connectivity index (χ2n) is 4.28. The fourth-order valence-corrected chi connectivity index (χ4v) is 1.67. The van der Waals surface area contributed by atoms with Gasteiger partial charge in [-0.25, -0.2) is 0 Å². The fraction of sp³-hybridized carbons (Fsp3) is 0.462. The van der Waals surface area contributed by atoms with Crippen molar-refractivity contribution in [2.24, 2.45) is 5.92 Å². The Morgan fingerprint density at radius 3 is 2.88 bits per heavy atom. The van der Waals surface area contributed by atoms with E-state index in [2.05, 4.69) is 5.32 Å². The third kappa shape index (κ3) is 2.54. The Kier molecular flexibility index (Phi) is 3.13. The van der Waals surface area contributed by atoms with Crippen molar-refractivity contribution in [1.82, 2.24) is 5.32 Å². The van der Waals surface area contributed by atoms with Crippen LogP contribution in [0.3, 0.4) is 0 Å². The van der Waals surface area contributed by atoms with Crippen molar-refractivity contribution in [3.8, 4) is 5.75 Å². The summed E-state index contributed by atoms with van der Waals surface area (Å²) in [6.45, 7) is 2.00. The number of amides is 1. The quantitative estimate of drug-likeness (QED) is 0.843. The Labute approximate surface area is 95.8 Å². The van der Waals surface area contributed by atoms with E-state index in [4.69, 9.17) is 4.74 Å². The van der Waals surface area contributed by atoms with Gasteiger partial charge in [-0.3, -0.25) is 4.79 Å². The molecule has 0 aromatic heterocycles. The normalized spacial score (nSPS) is 16.6. The molecule has 0 bridgehead atoms. The molecule has 0 heterocycles. The Morgan fingerprint density at radius 2 is 2.25 bits per heavy atom. The number of carbonyl (C=O) groups is 1. The van der Waals surface area contributed by atoms with Gasteiger partial charge in [0.05, 0.1) is 13.2 Å². The number of methoxy groups -OCH3 is 1. The summed E-state index contributed by atoms with van der Waals surface area (Å²) in [6, 6.07) is 7.84. The van der Waals surface area contributed by atoms with Gasteiger partial charge in [-0.2, -0.15) is 0 Å². The number of nitrogens with one attached hydrogen (secondary N) is 1. The summed E-state index contributed by atoms with van der Waals surface area (Å²) < 4.78 is 5.16. The molecule has 1 aliphatic rings. The molecule has 1 aliphatic carbocycles. The van der Waals surface area contributed by atoms with Crippen molar-refractivity contribution in [3.05, 3.63) is 29.8 Å². The van der Waals surface area contributed by atoms with Gasteiger partial charge in [-0.05, 0) is 37.5 Å². The second-order valence-corrected chi connectivity index (χ2v) is 4.28. The topological polar surface area (TPSA) is 38.3 Å². The molecular weight excluding hydrogens is 202 g/mol. The number of hydrogen-bond acceptors (Lipinski definition) is 2. The molecule has 1 aromatic carbocycles. The third-order valence-corrected chi connectivity index (χ3v) is 2.90. The van der Waals surface area contributed by atoms with E-state index < -0.39 is 0 Å². The van der Waals surface area contributed by atoms with Gasteiger partial charge < -0.3 is 10.1 Å². The molecule has 1 N–H and O–H groups in total. The van der Waals surface area contributed by atoms with Crippen LogP contribution in [0.15, 0.2) is 24.3 Å². The Morgan fingerprint density at radius 1 is 1.50 bits per heavy atom. The molecule has 3 nitrogen and oxygen atoms in total. The average Bonchev–Trinajstić information content (AvgIpc) is 3.13. The molecule has 0 unspecified atom stereocenters. The Balaban J connectivity index is 2.01. The lowest BCUT2D eigenvalue weighted by Gasteiger charge is -2.14. The summed E-state index contributed by atoms with van der Waals surface area (Å²) in [5, 5.41) is 3.01. The molecule has 1 fully saturated rings. The molecule has 1 atom stereocenters. The van der Waals surface area contributed by atoms with E-state index in [0.717, 1.165) is 24.2 Å². The highest BCUT2D eigenvalue weighted by Crippen LogP contribution is 2.30. The molecule has 3 heteroatoms. The third-order valence-electron chi connectivity index (χ3n) is 2.90. The number of hydrogen-bond donors (Lipinski definition) is 1. The first-order chi connectivity index (χ1) is 7.70. The van der Waals surface area contributed by atoms with Gasteiger partial charge in [0, 0.05) is 5.92 Å². The summed E-state index contributed by atoms with van der Waals surface area (Å²) in [7, 11) is 1.65. The van der Waals surface area contributed by atoms with Crippen molar-refractivity contribution in [2.45, 2.75) is 25.8 Å². The molecular formula is C13H17NO2. The van der Waals surface area contributed by atoms with Crippen molar-refractivity contribution in [3.63, 3.8) is 0 Å². The fourth-order valence-electron chi connectivity index (χ4n) is 1.67. The predicted octanol–water partition coefficient (Wildman–Crippen LogP) is 2.28. The minimum atomic E-state index is 0.0446. The highest BCUT2D eigenvalue weighted by molar-refractivity contribution is 5.81. The first-order valence-electron chi connectivity index (χ1n) is 5.65. The highest BCUT2D eigenvalue weighted by Gasteiger charge is 2.30. The minimum absolute atomic E-state index is 0.0446. The largest absolute Gasteiger partial charge is 0.497 e. The van der Waals surface area contributed by atoms with Gasteiger partial charge in [-0.15, -0.1) is 0 Å². The lowest BCUT2D eigenvalue weighted by molar-refractivity contribution is -0.122. The van der Waals surface area contributed by atoms with Gasteiger partial charge in [0.15, 0.2) is 0 Å². The van der Waals surface area contributed by atoms with Crippen LogP contribution in [0.1, 0.15) is 31.4 Å². The number of rotatable bonds is 4. The van der Waals surface area contributed by atoms with E-state index in [0.29, 0.717) is 0 Å². The lowest BCUT2D eigenvalue weighted by Crippen LogP contribution is -2.27. The average molecular weight is 219 g/mol. The Bertz CT molecular complexity index is 385. The second kappa shape index (κ2) is 4.56. The Hall–Kier alpha value is -1.51. The van der Waals surface area contributed by atoms with Crippen LogP contribution < -0.4 is 10.1 Å². The summed E-state index contributed by atoms with van der Waals surface area (Å²) >= 11 is 0. The van der Waals surface area contributed by atoms with Gasteiger partial charge in [0.2, 0.25) is 5.91 Å². The summed E-state index contributed by atoms with van der Waals surface area (Å²) in [6.07, 6.45) is 2.08. The summed E-state index contributed by atoms with van der Waals surface area (Å²) in [5.41, 5.74) is 1.08. The molecule has 16 heavy (non-hydrogen) atoms. The van der Waals surface area contributed by atoms with Gasteiger partial charge in [-0.1, -0.05) is 12.1 Å². The van der Waals surface area contributed by atoms with Gasteiger partial charge >= 0.3 is 0 Å². The maximum absolute atomic E-state index is 11.6.